The van der Waals surface area contributed by atoms with Gasteiger partial charge in [0.2, 0.25) is 0 Å². The highest BCUT2D eigenvalue weighted by atomic mass is 31.2. The molecule has 3 atom stereocenters. The molecule has 0 aromatic carbocycles. The van der Waals surface area contributed by atoms with Gasteiger partial charge in [0, 0.05) is 19.3 Å². The molecule has 0 rings (SSSR count). The maximum Gasteiger partial charge on any atom is 0.472 e. The summed E-state index contributed by atoms with van der Waals surface area (Å²) in [4.78, 5) is 48.5. The Bertz CT molecular complexity index is 1490. The number of hydrogen-bond donors (Lipinski definition) is 2. The van der Waals surface area contributed by atoms with E-state index in [4.69, 9.17) is 23.3 Å². The second kappa shape index (κ2) is 54.2. The van der Waals surface area contributed by atoms with Crippen molar-refractivity contribution in [2.75, 3.05) is 26.4 Å². The fraction of sp³-hybridized carbons (Fsp3) is 0.750. The molecule has 11 nitrogen and oxygen atoms in total. The lowest BCUT2D eigenvalue weighted by Gasteiger charge is -2.21. The van der Waals surface area contributed by atoms with Crippen molar-refractivity contribution in [3.8, 4) is 0 Å². The normalized spacial score (nSPS) is 13.9. The van der Waals surface area contributed by atoms with Crippen LogP contribution in [0.1, 0.15) is 252 Å². The maximum atomic E-state index is 12.9. The largest absolute Gasteiger partial charge is 0.472 e. The molecule has 2 N–H and O–H groups in total. The van der Waals surface area contributed by atoms with E-state index in [9.17, 15) is 28.9 Å². The molecular weight excluding hydrogens is 928 g/mol. The van der Waals surface area contributed by atoms with E-state index < -0.39 is 57.8 Å². The monoisotopic (exact) mass is 1030 g/mol. The fourth-order valence-electron chi connectivity index (χ4n) is 7.69. The van der Waals surface area contributed by atoms with Gasteiger partial charge in [-0.2, -0.15) is 0 Å². The van der Waals surface area contributed by atoms with Gasteiger partial charge in [0.25, 0.3) is 0 Å². The molecule has 12 heteroatoms. The average Bonchev–Trinajstić information content (AvgIpc) is 3.37. The first-order chi connectivity index (χ1) is 35.2. The highest BCUT2D eigenvalue weighted by molar-refractivity contribution is 7.47. The summed E-state index contributed by atoms with van der Waals surface area (Å²) in [6.45, 7) is 4.46. The van der Waals surface area contributed by atoms with Gasteiger partial charge in [-0.25, -0.2) is 4.57 Å². The Morgan fingerprint density at radius 2 is 0.722 bits per heavy atom. The van der Waals surface area contributed by atoms with Gasteiger partial charge in [-0.1, -0.05) is 196 Å². The first kappa shape index (κ1) is 68.9. The molecule has 0 saturated heterocycles. The highest BCUT2D eigenvalue weighted by Crippen LogP contribution is 2.43. The van der Waals surface area contributed by atoms with Crippen LogP contribution in [0.4, 0.5) is 0 Å². The molecule has 0 radical (unpaired) electrons. The fourth-order valence-corrected chi connectivity index (χ4v) is 8.47. The molecule has 0 fully saturated rings. The number of aliphatic hydroxyl groups is 1. The third kappa shape index (κ3) is 51.8. The number of phosphoric ester groups is 1. The smallest absolute Gasteiger partial charge is 0.462 e. The Morgan fingerprint density at radius 1 is 0.403 bits per heavy atom. The number of allylic oxidation sites excluding steroid dienone is 12. The van der Waals surface area contributed by atoms with Gasteiger partial charge >= 0.3 is 25.7 Å². The van der Waals surface area contributed by atoms with Crippen LogP contribution in [0, 0.1) is 0 Å². The predicted molar refractivity (Wildman–Crippen MR) is 298 cm³/mol. The standard InChI is InChI=1S/C60H105O11P/c1-4-7-10-13-16-19-22-25-27-28-30-32-34-37-40-43-46-49-58(62)67-53-57(71-60(64)51-48-45-42-39-36-33-29-26-23-20-17-14-11-8-5-2)55-69-72(65,66)68-54-56(52-61)70-59(63)50-47-44-41-38-35-31-24-21-18-15-12-9-6-3/h9,12,16,18-19,21,25-27,29,31,35,56-57,61H,4-8,10-11,13-15,17,20,22-24,28,30,32-34,36-55H2,1-3H3,(H,65,66)/b12-9-,19-16-,21-18-,27-25-,29-26-,35-31-. The maximum absolute atomic E-state index is 12.9. The molecule has 0 aliphatic rings. The summed E-state index contributed by atoms with van der Waals surface area (Å²) >= 11 is 0. The molecule has 3 unspecified atom stereocenters. The summed E-state index contributed by atoms with van der Waals surface area (Å²) < 4.78 is 39.5. The van der Waals surface area contributed by atoms with E-state index in [1.807, 2.05) is 0 Å². The highest BCUT2D eigenvalue weighted by Gasteiger charge is 2.28. The number of aliphatic hydroxyl groups excluding tert-OH is 1. The van der Waals surface area contributed by atoms with Gasteiger partial charge in [-0.15, -0.1) is 0 Å². The van der Waals surface area contributed by atoms with Crippen molar-refractivity contribution in [3.63, 3.8) is 0 Å². The second-order valence-corrected chi connectivity index (χ2v) is 20.5. The Morgan fingerprint density at radius 3 is 1.17 bits per heavy atom. The number of phosphoric acid groups is 1. The third-order valence-corrected chi connectivity index (χ3v) is 13.0. The zero-order valence-electron chi connectivity index (χ0n) is 45.9. The number of rotatable bonds is 53. The number of esters is 3. The van der Waals surface area contributed by atoms with E-state index in [0.29, 0.717) is 19.3 Å². The molecule has 416 valence electrons. The molecule has 0 aliphatic carbocycles. The van der Waals surface area contributed by atoms with Crippen molar-refractivity contribution >= 4 is 25.7 Å². The van der Waals surface area contributed by atoms with Crippen LogP contribution in [0.25, 0.3) is 0 Å². The van der Waals surface area contributed by atoms with Crippen molar-refractivity contribution in [2.45, 2.75) is 264 Å². The quantitative estimate of drug-likeness (QED) is 0.0197. The molecule has 0 spiro atoms. The van der Waals surface area contributed by atoms with Crippen LogP contribution in [0.15, 0.2) is 72.9 Å². The molecule has 0 aromatic rings. The summed E-state index contributed by atoms with van der Waals surface area (Å²) in [5.74, 6) is -1.51. The minimum atomic E-state index is -4.76. The Kier molecular flexibility index (Phi) is 51.9. The zero-order chi connectivity index (χ0) is 52.7. The molecule has 72 heavy (non-hydrogen) atoms. The van der Waals surface area contributed by atoms with Crippen LogP contribution in [-0.2, 0) is 42.2 Å². The van der Waals surface area contributed by atoms with Gasteiger partial charge in [0.1, 0.15) is 12.7 Å². The lowest BCUT2D eigenvalue weighted by molar-refractivity contribution is -0.161. The van der Waals surface area contributed by atoms with Crippen LogP contribution in [0.3, 0.4) is 0 Å². The molecule has 0 heterocycles. The van der Waals surface area contributed by atoms with E-state index in [0.717, 1.165) is 109 Å². The third-order valence-electron chi connectivity index (χ3n) is 12.1. The van der Waals surface area contributed by atoms with Gasteiger partial charge < -0.3 is 24.2 Å². The first-order valence-electron chi connectivity index (χ1n) is 28.8. The number of carbonyl (C=O) groups is 3. The summed E-state index contributed by atoms with van der Waals surface area (Å²) in [6, 6.07) is 0. The molecule has 0 aromatic heterocycles. The summed E-state index contributed by atoms with van der Waals surface area (Å²) in [7, 11) is -4.76. The molecule has 0 bridgehead atoms. The Balaban J connectivity index is 4.77. The number of ether oxygens (including phenoxy) is 3. The first-order valence-corrected chi connectivity index (χ1v) is 30.3. The van der Waals surface area contributed by atoms with Crippen LogP contribution in [0.5, 0.6) is 0 Å². The second-order valence-electron chi connectivity index (χ2n) is 19.1. The van der Waals surface area contributed by atoms with Crippen LogP contribution in [0.2, 0.25) is 0 Å². The van der Waals surface area contributed by atoms with Crippen molar-refractivity contribution in [1.82, 2.24) is 0 Å². The number of carbonyl (C=O) groups excluding carboxylic acids is 3. The van der Waals surface area contributed by atoms with Crippen molar-refractivity contribution < 1.29 is 52.2 Å². The van der Waals surface area contributed by atoms with Gasteiger partial charge in [-0.05, 0) is 109 Å². The van der Waals surface area contributed by atoms with Gasteiger partial charge in [0.05, 0.1) is 19.8 Å². The number of unbranched alkanes of at least 4 members (excludes halogenated alkanes) is 24. The Hall–Kier alpha value is -3.08. The van der Waals surface area contributed by atoms with E-state index in [1.165, 1.54) is 83.5 Å². The van der Waals surface area contributed by atoms with Crippen LogP contribution >= 0.6 is 7.82 Å². The van der Waals surface area contributed by atoms with Crippen molar-refractivity contribution in [2.24, 2.45) is 0 Å². The molecule has 0 amide bonds. The van der Waals surface area contributed by atoms with Crippen LogP contribution < -0.4 is 0 Å². The zero-order valence-corrected chi connectivity index (χ0v) is 46.8. The number of hydrogen-bond acceptors (Lipinski definition) is 10. The van der Waals surface area contributed by atoms with Crippen molar-refractivity contribution in [3.05, 3.63) is 72.9 Å². The summed E-state index contributed by atoms with van der Waals surface area (Å²) in [5.41, 5.74) is 0. The average molecular weight is 1030 g/mol. The van der Waals surface area contributed by atoms with Crippen molar-refractivity contribution in [1.29, 1.82) is 0 Å². The topological polar surface area (TPSA) is 155 Å². The lowest BCUT2D eigenvalue weighted by atomic mass is 10.1. The molecule has 0 saturated carbocycles. The minimum absolute atomic E-state index is 0.139. The summed E-state index contributed by atoms with van der Waals surface area (Å²) in [6.07, 6.45) is 60.0. The summed E-state index contributed by atoms with van der Waals surface area (Å²) in [5, 5.41) is 9.80. The van der Waals surface area contributed by atoms with E-state index in [2.05, 4.69) is 93.7 Å². The predicted octanol–water partition coefficient (Wildman–Crippen LogP) is 16.9. The van der Waals surface area contributed by atoms with Gasteiger partial charge in [0.15, 0.2) is 6.10 Å². The minimum Gasteiger partial charge on any atom is -0.462 e. The lowest BCUT2D eigenvalue weighted by Crippen LogP contribution is -2.30. The SMILES string of the molecule is CC/C=C\C/C=C\C/C=C\CCCCCC(=O)OC(CO)COP(=O)(O)OCC(COC(=O)CCCCCCCCC/C=C\C/C=C\CCCCC)OC(=O)CCCCCCC/C=C\CCCCCCCC. The van der Waals surface area contributed by atoms with E-state index in [1.54, 1.807) is 0 Å². The van der Waals surface area contributed by atoms with Crippen LogP contribution in [-0.4, -0.2) is 66.5 Å². The van der Waals surface area contributed by atoms with E-state index >= 15 is 0 Å². The molecule has 0 aliphatic heterocycles. The van der Waals surface area contributed by atoms with Gasteiger partial charge in [-0.3, -0.25) is 23.4 Å². The van der Waals surface area contributed by atoms with E-state index in [-0.39, 0.29) is 25.9 Å². The Labute approximate surface area is 439 Å². The molecular formula is C60H105O11P.